The maximum Gasteiger partial charge on any atom is 0.242 e. The molecule has 2 aliphatic heterocycles. The van der Waals surface area contributed by atoms with Gasteiger partial charge in [-0.15, -0.1) is 0 Å². The molecule has 130 valence electrons. The minimum atomic E-state index is 0.0978. The second-order valence-electron chi connectivity index (χ2n) is 6.86. The summed E-state index contributed by atoms with van der Waals surface area (Å²) in [6.45, 7) is 1.77. The van der Waals surface area contributed by atoms with Crippen LogP contribution in [0.1, 0.15) is 44.1 Å². The molecule has 24 heavy (non-hydrogen) atoms. The molecule has 2 saturated heterocycles. The van der Waals surface area contributed by atoms with E-state index in [0.29, 0.717) is 6.42 Å². The van der Waals surface area contributed by atoms with E-state index < -0.39 is 0 Å². The molecule has 0 bridgehead atoms. The highest BCUT2D eigenvalue weighted by Crippen LogP contribution is 2.23. The molecule has 1 aromatic rings. The summed E-state index contributed by atoms with van der Waals surface area (Å²) >= 11 is 0. The monoisotopic (exact) mass is 330 g/mol. The van der Waals surface area contributed by atoms with Gasteiger partial charge in [-0.3, -0.25) is 9.59 Å². The first-order valence-electron chi connectivity index (χ1n) is 8.98. The molecule has 5 heteroatoms. The second kappa shape index (κ2) is 7.69. The topological polar surface area (TPSA) is 60.9 Å². The number of hydrogen-bond donors (Lipinski definition) is 1. The summed E-state index contributed by atoms with van der Waals surface area (Å²) in [6.07, 6.45) is 6.54. The Hall–Kier alpha value is -2.04. The average Bonchev–Trinajstić information content (AvgIpc) is 2.99. The molecule has 1 atom stereocenters. The number of benzene rings is 1. The van der Waals surface area contributed by atoms with Gasteiger partial charge in [-0.1, -0.05) is 12.1 Å². The first-order valence-corrected chi connectivity index (χ1v) is 8.98. The van der Waals surface area contributed by atoms with Crippen LogP contribution in [0.2, 0.25) is 0 Å². The molecule has 2 fully saturated rings. The van der Waals surface area contributed by atoms with Gasteiger partial charge in [0.1, 0.15) is 5.75 Å². The molecular weight excluding hydrogens is 304 g/mol. The van der Waals surface area contributed by atoms with Gasteiger partial charge in [0.05, 0.1) is 6.54 Å². The maximum atomic E-state index is 12.7. The predicted octanol–water partition coefficient (Wildman–Crippen LogP) is 2.33. The summed E-state index contributed by atoms with van der Waals surface area (Å²) in [5.74, 6) is 0.491. The first kappa shape index (κ1) is 16.8. The summed E-state index contributed by atoms with van der Waals surface area (Å²) in [6, 6.07) is 7.55. The highest BCUT2D eigenvalue weighted by Gasteiger charge is 2.30. The third kappa shape index (κ3) is 4.08. The maximum absolute atomic E-state index is 12.7. The number of aromatic hydroxyl groups is 1. The molecule has 1 aromatic carbocycles. The number of phenolic OH excluding ortho intramolecular Hbond substituents is 1. The highest BCUT2D eigenvalue weighted by atomic mass is 16.3. The van der Waals surface area contributed by atoms with Crippen LogP contribution in [-0.4, -0.2) is 52.4 Å². The lowest BCUT2D eigenvalue weighted by Crippen LogP contribution is -2.48. The van der Waals surface area contributed by atoms with E-state index in [9.17, 15) is 14.7 Å². The van der Waals surface area contributed by atoms with E-state index in [-0.39, 0.29) is 30.2 Å². The van der Waals surface area contributed by atoms with Crippen molar-refractivity contribution in [3.63, 3.8) is 0 Å². The molecule has 1 N–H and O–H groups in total. The fourth-order valence-electron chi connectivity index (χ4n) is 3.75. The normalized spacial score (nSPS) is 21.3. The lowest BCUT2D eigenvalue weighted by atomic mass is 9.95. The zero-order chi connectivity index (χ0) is 16.9. The van der Waals surface area contributed by atoms with Gasteiger partial charge in [0.15, 0.2) is 0 Å². The fraction of sp³-hybridized carbons (Fsp3) is 0.579. The Labute approximate surface area is 143 Å². The van der Waals surface area contributed by atoms with Crippen LogP contribution in [-0.2, 0) is 16.0 Å². The molecule has 3 rings (SSSR count). The molecule has 0 spiro atoms. The Morgan fingerprint density at radius 1 is 1.12 bits per heavy atom. The van der Waals surface area contributed by atoms with E-state index >= 15 is 0 Å². The number of amides is 2. The van der Waals surface area contributed by atoms with Crippen molar-refractivity contribution in [2.24, 2.45) is 0 Å². The summed E-state index contributed by atoms with van der Waals surface area (Å²) in [7, 11) is 0. The summed E-state index contributed by atoms with van der Waals surface area (Å²) < 4.78 is 0. The van der Waals surface area contributed by atoms with Gasteiger partial charge in [-0.25, -0.2) is 0 Å². The molecule has 2 heterocycles. The van der Waals surface area contributed by atoms with Gasteiger partial charge in [-0.05, 0) is 56.2 Å². The smallest absolute Gasteiger partial charge is 0.242 e. The van der Waals surface area contributed by atoms with Crippen LogP contribution in [0.5, 0.6) is 5.75 Å². The third-order valence-electron chi connectivity index (χ3n) is 5.15. The van der Waals surface area contributed by atoms with Crippen LogP contribution in [0.4, 0.5) is 0 Å². The zero-order valence-electron chi connectivity index (χ0n) is 14.1. The van der Waals surface area contributed by atoms with Gasteiger partial charge >= 0.3 is 0 Å². The quantitative estimate of drug-likeness (QED) is 0.901. The molecular formula is C19H26N2O3. The van der Waals surface area contributed by atoms with Crippen molar-refractivity contribution in [1.29, 1.82) is 0 Å². The molecule has 0 saturated carbocycles. The van der Waals surface area contributed by atoms with Crippen LogP contribution in [0.25, 0.3) is 0 Å². The molecule has 2 amide bonds. The van der Waals surface area contributed by atoms with Gasteiger partial charge < -0.3 is 14.9 Å². The fourth-order valence-corrected chi connectivity index (χ4v) is 3.75. The van der Waals surface area contributed by atoms with E-state index in [1.54, 1.807) is 17.0 Å². The minimum absolute atomic E-state index is 0.0978. The van der Waals surface area contributed by atoms with Crippen LogP contribution in [0.15, 0.2) is 24.3 Å². The lowest BCUT2D eigenvalue weighted by Gasteiger charge is -2.37. The molecule has 2 aliphatic rings. The van der Waals surface area contributed by atoms with Crippen molar-refractivity contribution < 1.29 is 14.7 Å². The number of phenols is 1. The number of carbonyl (C=O) groups excluding carboxylic acids is 2. The Kier molecular flexibility index (Phi) is 5.38. The van der Waals surface area contributed by atoms with Crippen molar-refractivity contribution >= 4 is 11.8 Å². The Balaban J connectivity index is 1.57. The lowest BCUT2D eigenvalue weighted by molar-refractivity contribution is -0.141. The summed E-state index contributed by atoms with van der Waals surface area (Å²) in [5.41, 5.74) is 1.18. The largest absolute Gasteiger partial charge is 0.508 e. The Morgan fingerprint density at radius 3 is 2.62 bits per heavy atom. The number of hydrogen-bond acceptors (Lipinski definition) is 3. The van der Waals surface area contributed by atoms with Crippen molar-refractivity contribution in [3.8, 4) is 5.75 Å². The molecule has 0 aliphatic carbocycles. The van der Waals surface area contributed by atoms with Crippen LogP contribution in [0, 0.1) is 0 Å². The van der Waals surface area contributed by atoms with Crippen molar-refractivity contribution in [2.45, 2.75) is 51.0 Å². The van der Waals surface area contributed by atoms with Gasteiger partial charge in [0.2, 0.25) is 11.8 Å². The molecule has 0 radical (unpaired) electrons. The average molecular weight is 330 g/mol. The Bertz CT molecular complexity index is 585. The van der Waals surface area contributed by atoms with Crippen LogP contribution >= 0.6 is 0 Å². The van der Waals surface area contributed by atoms with E-state index in [1.165, 1.54) is 5.56 Å². The number of piperidine rings is 1. The number of likely N-dealkylation sites (tertiary alicyclic amines) is 2. The molecule has 5 nitrogen and oxygen atoms in total. The third-order valence-corrected chi connectivity index (χ3v) is 5.15. The second-order valence-corrected chi connectivity index (χ2v) is 6.86. The van der Waals surface area contributed by atoms with E-state index in [0.717, 1.165) is 51.6 Å². The number of rotatable bonds is 5. The summed E-state index contributed by atoms with van der Waals surface area (Å²) in [5, 5.41) is 9.36. The number of aryl methyl sites for hydroxylation is 1. The molecule has 0 aromatic heterocycles. The Morgan fingerprint density at radius 2 is 1.92 bits per heavy atom. The van der Waals surface area contributed by atoms with Gasteiger partial charge in [-0.2, -0.15) is 0 Å². The van der Waals surface area contributed by atoms with Crippen molar-refractivity contribution in [2.75, 3.05) is 19.6 Å². The van der Waals surface area contributed by atoms with Gasteiger partial charge in [0.25, 0.3) is 0 Å². The number of carbonyl (C=O) groups is 2. The highest BCUT2D eigenvalue weighted by molar-refractivity contribution is 5.86. The van der Waals surface area contributed by atoms with E-state index in [2.05, 4.69) is 0 Å². The van der Waals surface area contributed by atoms with E-state index in [4.69, 9.17) is 0 Å². The van der Waals surface area contributed by atoms with E-state index in [1.807, 2.05) is 17.0 Å². The first-order chi connectivity index (χ1) is 11.6. The standard InChI is InChI=1S/C19H26N2O3/c22-17-10-7-15(8-11-17)6-9-16-4-1-2-13-21(16)19(24)14-20-12-3-5-18(20)23/h7-8,10-11,16,22H,1-6,9,12-14H2. The number of nitrogens with zero attached hydrogens (tertiary/aromatic N) is 2. The van der Waals surface area contributed by atoms with Crippen LogP contribution < -0.4 is 0 Å². The summed E-state index contributed by atoms with van der Waals surface area (Å²) in [4.78, 5) is 28.1. The zero-order valence-corrected chi connectivity index (χ0v) is 14.1. The van der Waals surface area contributed by atoms with Crippen LogP contribution in [0.3, 0.4) is 0 Å². The van der Waals surface area contributed by atoms with Gasteiger partial charge in [0, 0.05) is 25.6 Å². The van der Waals surface area contributed by atoms with Crippen molar-refractivity contribution in [3.05, 3.63) is 29.8 Å². The minimum Gasteiger partial charge on any atom is -0.508 e. The van der Waals surface area contributed by atoms with Crippen molar-refractivity contribution in [1.82, 2.24) is 9.80 Å². The molecule has 1 unspecified atom stereocenters. The SMILES string of the molecule is O=C1CCCN1CC(=O)N1CCCCC1CCc1ccc(O)cc1. The predicted molar refractivity (Wildman–Crippen MR) is 91.6 cm³/mol.